The van der Waals surface area contributed by atoms with Gasteiger partial charge < -0.3 is 10.1 Å². The summed E-state index contributed by atoms with van der Waals surface area (Å²) < 4.78 is 5.56. The van der Waals surface area contributed by atoms with Crippen LogP contribution in [0.5, 0.6) is 5.75 Å². The van der Waals surface area contributed by atoms with Gasteiger partial charge in [0, 0.05) is 12.6 Å². The highest BCUT2D eigenvalue weighted by Gasteiger charge is 2.07. The lowest BCUT2D eigenvalue weighted by atomic mass is 10.2. The number of hydrogen-bond donors (Lipinski definition) is 1. The highest BCUT2D eigenvalue weighted by atomic mass is 16.5. The summed E-state index contributed by atoms with van der Waals surface area (Å²) in [5.41, 5.74) is 0.576. The number of likely N-dealkylation sites (N-methyl/N-ethyl adjacent to an activating group) is 1. The highest BCUT2D eigenvalue weighted by Crippen LogP contribution is 2.12. The summed E-state index contributed by atoms with van der Waals surface area (Å²) in [6.45, 7) is 5.33. The van der Waals surface area contributed by atoms with E-state index in [0.717, 1.165) is 0 Å². The van der Waals surface area contributed by atoms with Crippen LogP contribution in [0, 0.1) is 11.3 Å². The van der Waals surface area contributed by atoms with Crippen LogP contribution in [0.2, 0.25) is 0 Å². The van der Waals surface area contributed by atoms with Crippen molar-refractivity contribution in [3.8, 4) is 11.8 Å². The Morgan fingerprint density at radius 2 is 2.25 bits per heavy atom. The molecule has 0 aliphatic heterocycles. The maximum Gasteiger partial charge on any atom is 0.234 e. The monoisotopic (exact) mass is 275 g/mol. The van der Waals surface area contributed by atoms with Gasteiger partial charge in [-0.2, -0.15) is 5.26 Å². The van der Waals surface area contributed by atoms with Crippen molar-refractivity contribution in [3.63, 3.8) is 0 Å². The smallest absolute Gasteiger partial charge is 0.234 e. The van der Waals surface area contributed by atoms with Gasteiger partial charge in [-0.05, 0) is 39.1 Å². The third-order valence-corrected chi connectivity index (χ3v) is 2.57. The zero-order chi connectivity index (χ0) is 15.0. The number of carbonyl (C=O) groups is 1. The molecular weight excluding hydrogens is 254 g/mol. The van der Waals surface area contributed by atoms with Crippen LogP contribution in [0.1, 0.15) is 19.4 Å². The Labute approximate surface area is 120 Å². The lowest BCUT2D eigenvalue weighted by molar-refractivity contribution is -0.122. The average molecular weight is 275 g/mol. The highest BCUT2D eigenvalue weighted by molar-refractivity contribution is 5.78. The van der Waals surface area contributed by atoms with E-state index in [1.807, 2.05) is 31.9 Å². The Hall–Kier alpha value is -2.06. The lowest BCUT2D eigenvalue weighted by Gasteiger charge is -2.17. The maximum absolute atomic E-state index is 11.6. The van der Waals surface area contributed by atoms with E-state index < -0.39 is 0 Å². The van der Waals surface area contributed by atoms with Gasteiger partial charge in [0.15, 0.2) is 0 Å². The number of hydrogen-bond acceptors (Lipinski definition) is 4. The van der Waals surface area contributed by atoms with Crippen molar-refractivity contribution < 1.29 is 9.53 Å². The van der Waals surface area contributed by atoms with Crippen molar-refractivity contribution in [3.05, 3.63) is 29.8 Å². The number of ether oxygens (including phenoxy) is 1. The molecule has 0 spiro atoms. The molecule has 0 radical (unpaired) electrons. The minimum atomic E-state index is 0.00831. The summed E-state index contributed by atoms with van der Waals surface area (Å²) in [4.78, 5) is 13.4. The van der Waals surface area contributed by atoms with Gasteiger partial charge in [0.25, 0.3) is 0 Å². The first-order valence-electron chi connectivity index (χ1n) is 6.62. The van der Waals surface area contributed by atoms with Crippen LogP contribution in [-0.4, -0.2) is 43.6 Å². The minimum absolute atomic E-state index is 0.00831. The fourth-order valence-electron chi connectivity index (χ4n) is 1.67. The number of amides is 1. The van der Waals surface area contributed by atoms with Gasteiger partial charge in [-0.3, -0.25) is 9.69 Å². The Morgan fingerprint density at radius 1 is 1.50 bits per heavy atom. The van der Waals surface area contributed by atoms with Gasteiger partial charge in [-0.1, -0.05) is 6.07 Å². The van der Waals surface area contributed by atoms with E-state index >= 15 is 0 Å². The number of nitriles is 1. The van der Waals surface area contributed by atoms with Gasteiger partial charge in [-0.25, -0.2) is 0 Å². The first-order valence-corrected chi connectivity index (χ1v) is 6.62. The fraction of sp³-hybridized carbons (Fsp3) is 0.467. The first kappa shape index (κ1) is 16.0. The molecule has 0 aromatic heterocycles. The molecule has 0 aliphatic rings. The topological polar surface area (TPSA) is 65.4 Å². The van der Waals surface area contributed by atoms with Crippen LogP contribution in [0.3, 0.4) is 0 Å². The van der Waals surface area contributed by atoms with Crippen molar-refractivity contribution in [2.45, 2.75) is 19.9 Å². The van der Waals surface area contributed by atoms with E-state index in [1.165, 1.54) is 0 Å². The molecule has 108 valence electrons. The molecule has 0 atom stereocenters. The molecule has 0 saturated heterocycles. The van der Waals surface area contributed by atoms with Crippen LogP contribution >= 0.6 is 0 Å². The predicted octanol–water partition coefficient (Wildman–Crippen LogP) is 1.39. The van der Waals surface area contributed by atoms with Crippen molar-refractivity contribution >= 4 is 5.91 Å². The molecule has 0 unspecified atom stereocenters. The standard InChI is InChI=1S/C15H21N3O2/c1-12(2)17-15(19)11-18(3)7-8-20-14-6-4-5-13(9-14)10-16/h4-6,9,12H,7-8,11H2,1-3H3,(H,17,19). The largest absolute Gasteiger partial charge is 0.492 e. The van der Waals surface area contributed by atoms with Gasteiger partial charge in [0.1, 0.15) is 12.4 Å². The third kappa shape index (κ3) is 6.21. The number of nitrogens with one attached hydrogen (secondary N) is 1. The second kappa shape index (κ2) is 8.18. The summed E-state index contributed by atoms with van der Waals surface area (Å²) in [6, 6.07) is 9.25. The van der Waals surface area contributed by atoms with Crippen molar-refractivity contribution in [1.29, 1.82) is 5.26 Å². The second-order valence-electron chi connectivity index (χ2n) is 4.95. The molecule has 20 heavy (non-hydrogen) atoms. The third-order valence-electron chi connectivity index (χ3n) is 2.57. The van der Waals surface area contributed by atoms with Crippen LogP contribution in [0.25, 0.3) is 0 Å². The second-order valence-corrected chi connectivity index (χ2v) is 4.95. The number of nitrogens with zero attached hydrogens (tertiary/aromatic N) is 2. The number of carbonyl (C=O) groups excluding carboxylic acids is 1. The molecule has 5 nitrogen and oxygen atoms in total. The summed E-state index contributed by atoms with van der Waals surface area (Å²) in [7, 11) is 1.87. The van der Waals surface area contributed by atoms with E-state index in [4.69, 9.17) is 10.00 Å². The van der Waals surface area contributed by atoms with Crippen LogP contribution in [0.15, 0.2) is 24.3 Å². The van der Waals surface area contributed by atoms with Gasteiger partial charge in [-0.15, -0.1) is 0 Å². The molecule has 0 fully saturated rings. The summed E-state index contributed by atoms with van der Waals surface area (Å²) in [5, 5.41) is 11.6. The van der Waals surface area contributed by atoms with E-state index in [0.29, 0.717) is 31.0 Å². The molecular formula is C15H21N3O2. The molecule has 0 bridgehead atoms. The Balaban J connectivity index is 2.29. The van der Waals surface area contributed by atoms with Crippen molar-refractivity contribution in [1.82, 2.24) is 10.2 Å². The van der Waals surface area contributed by atoms with E-state index in [2.05, 4.69) is 11.4 Å². The molecule has 5 heteroatoms. The Morgan fingerprint density at radius 3 is 2.90 bits per heavy atom. The number of benzene rings is 1. The lowest BCUT2D eigenvalue weighted by Crippen LogP contribution is -2.39. The average Bonchev–Trinajstić information content (AvgIpc) is 2.37. The fourth-order valence-corrected chi connectivity index (χ4v) is 1.67. The molecule has 1 rings (SSSR count). The summed E-state index contributed by atoms with van der Waals surface area (Å²) >= 11 is 0. The van der Waals surface area contributed by atoms with Gasteiger partial charge in [0.05, 0.1) is 18.2 Å². The van der Waals surface area contributed by atoms with Gasteiger partial charge in [0.2, 0.25) is 5.91 Å². The molecule has 0 saturated carbocycles. The zero-order valence-corrected chi connectivity index (χ0v) is 12.2. The summed E-state index contributed by atoms with van der Waals surface area (Å²) in [6.07, 6.45) is 0. The zero-order valence-electron chi connectivity index (χ0n) is 12.2. The SMILES string of the molecule is CC(C)NC(=O)CN(C)CCOc1cccc(C#N)c1. The molecule has 0 aliphatic carbocycles. The first-order chi connectivity index (χ1) is 9.51. The Bertz CT molecular complexity index is 480. The Kier molecular flexibility index (Phi) is 6.54. The molecule has 1 aromatic carbocycles. The van der Waals surface area contributed by atoms with Crippen LogP contribution < -0.4 is 10.1 Å². The normalized spacial score (nSPS) is 10.4. The molecule has 1 amide bonds. The van der Waals surface area contributed by atoms with Crippen molar-refractivity contribution in [2.75, 3.05) is 26.7 Å². The van der Waals surface area contributed by atoms with Crippen LogP contribution in [0.4, 0.5) is 0 Å². The van der Waals surface area contributed by atoms with E-state index in [-0.39, 0.29) is 11.9 Å². The van der Waals surface area contributed by atoms with Gasteiger partial charge >= 0.3 is 0 Å². The molecule has 1 N–H and O–H groups in total. The minimum Gasteiger partial charge on any atom is -0.492 e. The van der Waals surface area contributed by atoms with Crippen LogP contribution in [-0.2, 0) is 4.79 Å². The predicted molar refractivity (Wildman–Crippen MR) is 77.4 cm³/mol. The van der Waals surface area contributed by atoms with Crippen molar-refractivity contribution in [2.24, 2.45) is 0 Å². The van der Waals surface area contributed by atoms with E-state index in [1.54, 1.807) is 18.2 Å². The quantitative estimate of drug-likeness (QED) is 0.816. The maximum atomic E-state index is 11.6. The summed E-state index contributed by atoms with van der Waals surface area (Å²) in [5.74, 6) is 0.679. The molecule has 1 aromatic rings. The molecule has 0 heterocycles. The van der Waals surface area contributed by atoms with E-state index in [9.17, 15) is 4.79 Å². The number of rotatable bonds is 7.